The molecule has 2 aromatic carbocycles. The molecule has 0 fully saturated rings. The minimum absolute atomic E-state index is 0.00550. The van der Waals surface area contributed by atoms with Gasteiger partial charge in [0.15, 0.2) is 0 Å². The maximum absolute atomic E-state index is 11.8. The van der Waals surface area contributed by atoms with E-state index in [2.05, 4.69) is 5.32 Å². The topological polar surface area (TPSA) is 75.5 Å². The second-order valence-electron chi connectivity index (χ2n) is 4.68. The first-order chi connectivity index (χ1) is 9.99. The molecule has 2 rings (SSSR count). The number of rotatable bonds is 4. The van der Waals surface area contributed by atoms with Crippen molar-refractivity contribution < 1.29 is 9.72 Å². The maximum Gasteiger partial charge on any atom is 0.292 e. The van der Waals surface area contributed by atoms with Crippen molar-refractivity contribution in [2.45, 2.75) is 0 Å². The Morgan fingerprint density at radius 1 is 1.10 bits per heavy atom. The Morgan fingerprint density at radius 2 is 1.71 bits per heavy atom. The van der Waals surface area contributed by atoms with Gasteiger partial charge in [0.25, 0.3) is 11.6 Å². The highest BCUT2D eigenvalue weighted by atomic mass is 16.6. The number of nitro groups is 1. The Balaban J connectivity index is 2.22. The largest absolute Gasteiger partial charge is 0.350 e. The van der Waals surface area contributed by atoms with Crippen LogP contribution in [0.1, 0.15) is 10.4 Å². The molecule has 0 bridgehead atoms. The van der Waals surface area contributed by atoms with Gasteiger partial charge in [-0.15, -0.1) is 0 Å². The molecule has 0 aliphatic carbocycles. The molecule has 2 aromatic rings. The lowest BCUT2D eigenvalue weighted by Crippen LogP contribution is -2.21. The van der Waals surface area contributed by atoms with E-state index in [0.29, 0.717) is 16.9 Å². The number of amides is 1. The number of nitro benzene ring substituents is 1. The molecule has 0 aliphatic rings. The van der Waals surface area contributed by atoms with Gasteiger partial charge in [-0.1, -0.05) is 12.1 Å². The summed E-state index contributed by atoms with van der Waals surface area (Å²) in [5.41, 5.74) is 1.66. The number of hydrogen-bond acceptors (Lipinski definition) is 4. The summed E-state index contributed by atoms with van der Waals surface area (Å²) in [7, 11) is 3.36. The number of anilines is 2. The Labute approximate surface area is 122 Å². The van der Waals surface area contributed by atoms with E-state index in [9.17, 15) is 14.9 Å². The van der Waals surface area contributed by atoms with Crippen molar-refractivity contribution in [3.8, 4) is 0 Å². The van der Waals surface area contributed by atoms with Crippen molar-refractivity contribution in [2.75, 3.05) is 19.4 Å². The number of nitrogens with zero attached hydrogens (tertiary/aromatic N) is 2. The van der Waals surface area contributed by atoms with Gasteiger partial charge in [0.05, 0.1) is 4.92 Å². The highest BCUT2D eigenvalue weighted by Crippen LogP contribution is 2.27. The molecule has 0 radical (unpaired) electrons. The van der Waals surface area contributed by atoms with Gasteiger partial charge in [-0.2, -0.15) is 0 Å². The molecule has 0 saturated heterocycles. The third-order valence-corrected chi connectivity index (χ3v) is 2.92. The standard InChI is InChI=1S/C15H15N3O3/c1-17(2)15(19)11-7-9-12(10-8-11)16-13-5-3-4-6-14(13)18(20)21/h3-10,16H,1-2H3. The molecule has 0 spiro atoms. The van der Waals surface area contributed by atoms with Crippen LogP contribution in [0.3, 0.4) is 0 Å². The Morgan fingerprint density at radius 3 is 2.29 bits per heavy atom. The zero-order valence-electron chi connectivity index (χ0n) is 11.7. The molecule has 0 atom stereocenters. The fraction of sp³-hybridized carbons (Fsp3) is 0.133. The molecule has 21 heavy (non-hydrogen) atoms. The van der Waals surface area contributed by atoms with Crippen LogP contribution in [-0.2, 0) is 0 Å². The van der Waals surface area contributed by atoms with E-state index in [1.54, 1.807) is 56.6 Å². The third kappa shape index (κ3) is 3.36. The van der Waals surface area contributed by atoms with Crippen LogP contribution in [0.2, 0.25) is 0 Å². The number of nitrogens with one attached hydrogen (secondary N) is 1. The Hall–Kier alpha value is -2.89. The first-order valence-corrected chi connectivity index (χ1v) is 6.31. The summed E-state index contributed by atoms with van der Waals surface area (Å²) in [4.78, 5) is 23.8. The first kappa shape index (κ1) is 14.5. The maximum atomic E-state index is 11.8. The van der Waals surface area contributed by atoms with Crippen LogP contribution in [0.5, 0.6) is 0 Å². The predicted molar refractivity (Wildman–Crippen MR) is 80.8 cm³/mol. The van der Waals surface area contributed by atoms with Crippen LogP contribution in [0.4, 0.5) is 17.1 Å². The number of hydrogen-bond donors (Lipinski definition) is 1. The van der Waals surface area contributed by atoms with Crippen molar-refractivity contribution in [3.05, 3.63) is 64.2 Å². The minimum atomic E-state index is -0.438. The summed E-state index contributed by atoms with van der Waals surface area (Å²) in [5, 5.41) is 13.9. The van der Waals surface area contributed by atoms with Crippen LogP contribution in [-0.4, -0.2) is 29.8 Å². The fourth-order valence-electron chi connectivity index (χ4n) is 1.85. The summed E-state index contributed by atoms with van der Waals surface area (Å²) < 4.78 is 0. The summed E-state index contributed by atoms with van der Waals surface area (Å²) in [6, 6.07) is 13.2. The van der Waals surface area contributed by atoms with Gasteiger partial charge < -0.3 is 10.2 Å². The van der Waals surface area contributed by atoms with Crippen molar-refractivity contribution in [3.63, 3.8) is 0 Å². The molecule has 0 aliphatic heterocycles. The van der Waals surface area contributed by atoms with E-state index >= 15 is 0 Å². The van der Waals surface area contributed by atoms with E-state index in [1.807, 2.05) is 0 Å². The molecule has 1 N–H and O–H groups in total. The molecular weight excluding hydrogens is 270 g/mol. The smallest absolute Gasteiger partial charge is 0.292 e. The highest BCUT2D eigenvalue weighted by Gasteiger charge is 2.12. The van der Waals surface area contributed by atoms with Gasteiger partial charge in [0.2, 0.25) is 0 Å². The number of benzene rings is 2. The van der Waals surface area contributed by atoms with Crippen molar-refractivity contribution in [1.82, 2.24) is 4.90 Å². The number of carbonyl (C=O) groups is 1. The Kier molecular flexibility index (Phi) is 4.18. The van der Waals surface area contributed by atoms with Gasteiger partial charge >= 0.3 is 0 Å². The van der Waals surface area contributed by atoms with E-state index in [-0.39, 0.29) is 11.6 Å². The summed E-state index contributed by atoms with van der Waals surface area (Å²) in [6.45, 7) is 0. The van der Waals surface area contributed by atoms with Crippen LogP contribution < -0.4 is 5.32 Å². The summed E-state index contributed by atoms with van der Waals surface area (Å²) >= 11 is 0. The molecule has 0 unspecified atom stereocenters. The fourth-order valence-corrected chi connectivity index (χ4v) is 1.85. The van der Waals surface area contributed by atoms with Crippen LogP contribution in [0.25, 0.3) is 0 Å². The lowest BCUT2D eigenvalue weighted by molar-refractivity contribution is -0.383. The average Bonchev–Trinajstić information content (AvgIpc) is 2.47. The van der Waals surface area contributed by atoms with Gasteiger partial charge in [-0.05, 0) is 30.3 Å². The molecule has 0 saturated carbocycles. The van der Waals surface area contributed by atoms with Crippen LogP contribution in [0.15, 0.2) is 48.5 Å². The second-order valence-corrected chi connectivity index (χ2v) is 4.68. The van der Waals surface area contributed by atoms with Gasteiger partial charge in [0.1, 0.15) is 5.69 Å². The number of para-hydroxylation sites is 2. The zero-order chi connectivity index (χ0) is 15.4. The summed E-state index contributed by atoms with van der Waals surface area (Å²) in [5.74, 6) is -0.0905. The van der Waals surface area contributed by atoms with Gasteiger partial charge in [0, 0.05) is 31.4 Å². The molecule has 0 heterocycles. The second kappa shape index (κ2) is 6.04. The van der Waals surface area contributed by atoms with E-state index in [1.165, 1.54) is 11.0 Å². The normalized spacial score (nSPS) is 10.0. The van der Waals surface area contributed by atoms with Gasteiger partial charge in [-0.25, -0.2) is 0 Å². The molecule has 1 amide bonds. The van der Waals surface area contributed by atoms with Crippen molar-refractivity contribution >= 4 is 23.0 Å². The number of carbonyl (C=O) groups excluding carboxylic acids is 1. The zero-order valence-corrected chi connectivity index (χ0v) is 11.7. The highest BCUT2D eigenvalue weighted by molar-refractivity contribution is 5.94. The SMILES string of the molecule is CN(C)C(=O)c1ccc(Nc2ccccc2[N+](=O)[O-])cc1. The average molecular weight is 285 g/mol. The van der Waals surface area contributed by atoms with Crippen molar-refractivity contribution in [2.24, 2.45) is 0 Å². The van der Waals surface area contributed by atoms with Crippen LogP contribution in [0, 0.1) is 10.1 Å². The predicted octanol–water partition coefficient (Wildman–Crippen LogP) is 3.04. The lowest BCUT2D eigenvalue weighted by atomic mass is 10.1. The minimum Gasteiger partial charge on any atom is -0.350 e. The van der Waals surface area contributed by atoms with E-state index < -0.39 is 4.92 Å². The molecule has 6 heteroatoms. The quantitative estimate of drug-likeness (QED) is 0.692. The monoisotopic (exact) mass is 285 g/mol. The summed E-state index contributed by atoms with van der Waals surface area (Å²) in [6.07, 6.45) is 0. The first-order valence-electron chi connectivity index (χ1n) is 6.31. The van der Waals surface area contributed by atoms with Crippen molar-refractivity contribution in [1.29, 1.82) is 0 Å². The van der Waals surface area contributed by atoms with Gasteiger partial charge in [-0.3, -0.25) is 14.9 Å². The van der Waals surface area contributed by atoms with E-state index in [0.717, 1.165) is 0 Å². The molecular formula is C15H15N3O3. The molecule has 108 valence electrons. The molecule has 0 aromatic heterocycles. The lowest BCUT2D eigenvalue weighted by Gasteiger charge is -2.11. The third-order valence-electron chi connectivity index (χ3n) is 2.92. The Bertz CT molecular complexity index is 666. The van der Waals surface area contributed by atoms with E-state index in [4.69, 9.17) is 0 Å². The van der Waals surface area contributed by atoms with Crippen LogP contribution >= 0.6 is 0 Å². The molecule has 6 nitrogen and oxygen atoms in total.